The molecule has 0 atom stereocenters. The number of carbonyl (C=O) groups excluding carboxylic acids is 1. The maximum absolute atomic E-state index is 12.8. The van der Waals surface area contributed by atoms with E-state index < -0.39 is 0 Å². The van der Waals surface area contributed by atoms with E-state index in [4.69, 9.17) is 0 Å². The topological polar surface area (TPSA) is 57.8 Å². The quantitative estimate of drug-likeness (QED) is 0.598. The molecular weight excluding hydrogens is 358 g/mol. The molecule has 4 bridgehead atoms. The fourth-order valence-corrected chi connectivity index (χ4v) is 6.85. The Hall–Kier alpha value is -2.62. The first-order valence-electron chi connectivity index (χ1n) is 11.0. The Kier molecular flexibility index (Phi) is 3.84. The summed E-state index contributed by atoms with van der Waals surface area (Å²) in [6.45, 7) is 0. The number of anilines is 1. The molecule has 4 saturated carbocycles. The highest BCUT2D eigenvalue weighted by Gasteiger charge is 2.51. The molecule has 4 nitrogen and oxygen atoms in total. The molecule has 3 aromatic rings. The summed E-state index contributed by atoms with van der Waals surface area (Å²) in [5.41, 5.74) is 4.19. The number of hydrogen-bond acceptors (Lipinski definition) is 2. The van der Waals surface area contributed by atoms with Gasteiger partial charge in [-0.3, -0.25) is 4.79 Å². The van der Waals surface area contributed by atoms with Gasteiger partial charge in [0, 0.05) is 17.7 Å². The second-order valence-corrected chi connectivity index (χ2v) is 9.82. The molecule has 1 aromatic heterocycles. The highest BCUT2D eigenvalue weighted by Crippen LogP contribution is 2.61. The third-order valence-electron chi connectivity index (χ3n) is 7.53. The molecule has 148 valence electrons. The van der Waals surface area contributed by atoms with E-state index in [0.717, 1.165) is 45.9 Å². The lowest BCUT2D eigenvalue weighted by molar-refractivity contribution is -0.124. The number of hydrogen-bond donors (Lipinski definition) is 2. The molecule has 0 aliphatic heterocycles. The van der Waals surface area contributed by atoms with Gasteiger partial charge in [-0.25, -0.2) is 4.98 Å². The number of amides is 1. The average Bonchev–Trinajstić information content (AvgIpc) is 3.11. The second-order valence-electron chi connectivity index (χ2n) is 9.82. The zero-order valence-corrected chi connectivity index (χ0v) is 16.7. The largest absolute Gasteiger partial charge is 0.338 e. The molecule has 2 N–H and O–H groups in total. The lowest BCUT2D eigenvalue weighted by Gasteiger charge is -2.56. The van der Waals surface area contributed by atoms with E-state index in [0.29, 0.717) is 6.42 Å². The molecule has 4 fully saturated rings. The molecule has 2 aromatic carbocycles. The van der Waals surface area contributed by atoms with Crippen LogP contribution in [-0.4, -0.2) is 15.9 Å². The zero-order chi connectivity index (χ0) is 19.4. The van der Waals surface area contributed by atoms with Crippen molar-refractivity contribution in [2.24, 2.45) is 23.2 Å². The Morgan fingerprint density at radius 3 is 2.28 bits per heavy atom. The maximum Gasteiger partial charge on any atom is 0.224 e. The summed E-state index contributed by atoms with van der Waals surface area (Å²) in [5, 5.41) is 3.15. The van der Waals surface area contributed by atoms with Crippen molar-refractivity contribution in [3.63, 3.8) is 0 Å². The summed E-state index contributed by atoms with van der Waals surface area (Å²) in [6.07, 6.45) is 8.78. The van der Waals surface area contributed by atoms with Crippen LogP contribution in [0.1, 0.15) is 44.9 Å². The standard InChI is InChI=1S/C25H27N3O/c29-23(15-25-12-16-9-17(13-25)11-18(10-16)14-25)26-20-7-5-19(6-8-20)24-27-21-3-1-2-4-22(21)28-24/h1-8,16-18H,9-15H2,(H,26,29)(H,27,28). The van der Waals surface area contributed by atoms with Crippen LogP contribution in [-0.2, 0) is 4.79 Å². The van der Waals surface area contributed by atoms with Gasteiger partial charge in [0.1, 0.15) is 5.82 Å². The number of H-pyrrole nitrogens is 1. The van der Waals surface area contributed by atoms with Gasteiger partial charge in [0.15, 0.2) is 0 Å². The van der Waals surface area contributed by atoms with Crippen molar-refractivity contribution >= 4 is 22.6 Å². The molecular formula is C25H27N3O. The summed E-state index contributed by atoms with van der Waals surface area (Å²) >= 11 is 0. The smallest absolute Gasteiger partial charge is 0.224 e. The minimum atomic E-state index is 0.184. The Morgan fingerprint density at radius 2 is 1.62 bits per heavy atom. The van der Waals surface area contributed by atoms with E-state index >= 15 is 0 Å². The van der Waals surface area contributed by atoms with E-state index in [1.54, 1.807) is 0 Å². The minimum Gasteiger partial charge on any atom is -0.338 e. The number of imidazole rings is 1. The fourth-order valence-electron chi connectivity index (χ4n) is 6.85. The van der Waals surface area contributed by atoms with Crippen LogP contribution in [0.15, 0.2) is 48.5 Å². The number of rotatable bonds is 4. The molecule has 0 radical (unpaired) electrons. The first kappa shape index (κ1) is 17.3. The normalized spacial score (nSPS) is 30.0. The number of nitrogens with zero attached hydrogens (tertiary/aromatic N) is 1. The van der Waals surface area contributed by atoms with Crippen LogP contribution in [0.2, 0.25) is 0 Å². The number of aromatic amines is 1. The van der Waals surface area contributed by atoms with Crippen LogP contribution in [0.25, 0.3) is 22.4 Å². The third kappa shape index (κ3) is 3.15. The first-order chi connectivity index (χ1) is 14.1. The number of nitrogens with one attached hydrogen (secondary N) is 2. The van der Waals surface area contributed by atoms with Crippen molar-refractivity contribution in [2.45, 2.75) is 44.9 Å². The second kappa shape index (κ2) is 6.45. The molecule has 0 saturated heterocycles. The van der Waals surface area contributed by atoms with Crippen LogP contribution in [0.4, 0.5) is 5.69 Å². The van der Waals surface area contributed by atoms with Gasteiger partial charge >= 0.3 is 0 Å². The van der Waals surface area contributed by atoms with Gasteiger partial charge in [-0.05, 0) is 98.1 Å². The van der Waals surface area contributed by atoms with Crippen molar-refractivity contribution in [1.82, 2.24) is 9.97 Å². The number of benzene rings is 2. The SMILES string of the molecule is O=C(CC12CC3CC(CC(C3)C1)C2)Nc1ccc(-c2nc3ccccc3[nH]2)cc1. The summed E-state index contributed by atoms with van der Waals surface area (Å²) in [7, 11) is 0. The summed E-state index contributed by atoms with van der Waals surface area (Å²) in [4.78, 5) is 20.9. The minimum absolute atomic E-state index is 0.184. The maximum atomic E-state index is 12.8. The molecule has 1 heterocycles. The predicted octanol–water partition coefficient (Wildman–Crippen LogP) is 5.77. The molecule has 4 aliphatic rings. The van der Waals surface area contributed by atoms with Gasteiger partial charge in [0.25, 0.3) is 0 Å². The van der Waals surface area contributed by atoms with Gasteiger partial charge < -0.3 is 10.3 Å². The van der Waals surface area contributed by atoms with E-state index in [9.17, 15) is 4.79 Å². The van der Waals surface area contributed by atoms with Crippen LogP contribution in [0.3, 0.4) is 0 Å². The summed E-state index contributed by atoms with van der Waals surface area (Å²) in [5.74, 6) is 3.70. The lowest BCUT2D eigenvalue weighted by Crippen LogP contribution is -2.47. The zero-order valence-electron chi connectivity index (χ0n) is 16.7. The van der Waals surface area contributed by atoms with E-state index in [1.807, 2.05) is 48.5 Å². The van der Waals surface area contributed by atoms with Crippen LogP contribution in [0.5, 0.6) is 0 Å². The molecule has 0 unspecified atom stereocenters. The molecule has 0 spiro atoms. The van der Waals surface area contributed by atoms with Gasteiger partial charge in [-0.1, -0.05) is 12.1 Å². The van der Waals surface area contributed by atoms with Crippen molar-refractivity contribution < 1.29 is 4.79 Å². The van der Waals surface area contributed by atoms with Crippen molar-refractivity contribution in [3.8, 4) is 11.4 Å². The number of fused-ring (bicyclic) bond motifs is 1. The summed E-state index contributed by atoms with van der Waals surface area (Å²) in [6, 6.07) is 16.1. The predicted molar refractivity (Wildman–Crippen MR) is 115 cm³/mol. The molecule has 4 aliphatic carbocycles. The molecule has 1 amide bonds. The van der Waals surface area contributed by atoms with Crippen molar-refractivity contribution in [3.05, 3.63) is 48.5 Å². The molecule has 29 heavy (non-hydrogen) atoms. The Labute approximate surface area is 171 Å². The Morgan fingerprint density at radius 1 is 0.966 bits per heavy atom. The lowest BCUT2D eigenvalue weighted by atomic mass is 9.49. The van der Waals surface area contributed by atoms with E-state index in [2.05, 4.69) is 15.3 Å². The van der Waals surface area contributed by atoms with Crippen molar-refractivity contribution in [1.29, 1.82) is 0 Å². The van der Waals surface area contributed by atoms with Gasteiger partial charge in [-0.15, -0.1) is 0 Å². The van der Waals surface area contributed by atoms with Gasteiger partial charge in [0.2, 0.25) is 5.91 Å². The van der Waals surface area contributed by atoms with Crippen LogP contribution >= 0.6 is 0 Å². The Bertz CT molecular complexity index is 997. The van der Waals surface area contributed by atoms with Gasteiger partial charge in [0.05, 0.1) is 11.0 Å². The third-order valence-corrected chi connectivity index (χ3v) is 7.53. The average molecular weight is 386 g/mol. The highest BCUT2D eigenvalue weighted by molar-refractivity contribution is 5.91. The highest BCUT2D eigenvalue weighted by atomic mass is 16.1. The Balaban J connectivity index is 1.14. The van der Waals surface area contributed by atoms with Crippen LogP contribution < -0.4 is 5.32 Å². The molecule has 4 heteroatoms. The first-order valence-corrected chi connectivity index (χ1v) is 11.0. The number of para-hydroxylation sites is 2. The number of aromatic nitrogens is 2. The van der Waals surface area contributed by atoms with Crippen LogP contribution in [0, 0.1) is 23.2 Å². The summed E-state index contributed by atoms with van der Waals surface area (Å²) < 4.78 is 0. The number of carbonyl (C=O) groups is 1. The van der Waals surface area contributed by atoms with Gasteiger partial charge in [-0.2, -0.15) is 0 Å². The van der Waals surface area contributed by atoms with Crippen molar-refractivity contribution in [2.75, 3.05) is 5.32 Å². The molecule has 7 rings (SSSR count). The van der Waals surface area contributed by atoms with E-state index in [-0.39, 0.29) is 11.3 Å². The monoisotopic (exact) mass is 385 g/mol. The fraction of sp³-hybridized carbons (Fsp3) is 0.440. The van der Waals surface area contributed by atoms with E-state index in [1.165, 1.54) is 38.5 Å².